The zero-order valence-corrected chi connectivity index (χ0v) is 17.7. The first kappa shape index (κ1) is 20.8. The van der Waals surface area contributed by atoms with Crippen molar-refractivity contribution in [1.82, 2.24) is 9.62 Å². The summed E-state index contributed by atoms with van der Waals surface area (Å²) in [5.41, 5.74) is 2.20. The van der Waals surface area contributed by atoms with Crippen LogP contribution in [-0.2, 0) is 10.0 Å². The molecule has 1 atom stereocenters. The molecular weight excluding hydrogens is 372 g/mol. The summed E-state index contributed by atoms with van der Waals surface area (Å²) in [7, 11) is -1.91. The predicted molar refractivity (Wildman–Crippen MR) is 112 cm³/mol. The molecule has 3 rings (SSSR count). The van der Waals surface area contributed by atoms with Crippen molar-refractivity contribution in [3.05, 3.63) is 59.7 Å². The van der Waals surface area contributed by atoms with Gasteiger partial charge in [-0.1, -0.05) is 38.1 Å². The minimum Gasteiger partial charge on any atom is -0.497 e. The molecule has 5 nitrogen and oxygen atoms in total. The lowest BCUT2D eigenvalue weighted by Gasteiger charge is -2.28. The lowest BCUT2D eigenvalue weighted by atomic mass is 10.0. The van der Waals surface area contributed by atoms with Crippen LogP contribution in [0.25, 0.3) is 0 Å². The Morgan fingerprint density at radius 1 is 1.04 bits per heavy atom. The van der Waals surface area contributed by atoms with Gasteiger partial charge in [-0.05, 0) is 67.2 Å². The van der Waals surface area contributed by atoms with E-state index in [2.05, 4.69) is 23.5 Å². The van der Waals surface area contributed by atoms with Gasteiger partial charge in [0.05, 0.1) is 12.0 Å². The van der Waals surface area contributed by atoms with E-state index in [1.807, 2.05) is 36.4 Å². The van der Waals surface area contributed by atoms with E-state index in [9.17, 15) is 8.42 Å². The molecular formula is C22H30N2O3S. The Morgan fingerprint density at radius 3 is 2.32 bits per heavy atom. The molecule has 1 fully saturated rings. The quantitative estimate of drug-likeness (QED) is 0.727. The van der Waals surface area contributed by atoms with Crippen LogP contribution in [0.5, 0.6) is 5.75 Å². The fourth-order valence-electron chi connectivity index (χ4n) is 3.66. The van der Waals surface area contributed by atoms with Gasteiger partial charge in [-0.2, -0.15) is 0 Å². The SMILES string of the molecule is COc1cccc(C(CNS(=O)(=O)c2ccc(C(C)C)cc2)N2CCCC2)c1. The molecule has 2 aromatic rings. The normalized spacial score (nSPS) is 16.4. The van der Waals surface area contributed by atoms with Crippen molar-refractivity contribution in [2.75, 3.05) is 26.7 Å². The van der Waals surface area contributed by atoms with E-state index >= 15 is 0 Å². The molecule has 1 N–H and O–H groups in total. The van der Waals surface area contributed by atoms with E-state index in [1.54, 1.807) is 19.2 Å². The highest BCUT2D eigenvalue weighted by Gasteiger charge is 2.26. The largest absolute Gasteiger partial charge is 0.497 e. The van der Waals surface area contributed by atoms with Crippen molar-refractivity contribution in [2.45, 2.75) is 43.5 Å². The van der Waals surface area contributed by atoms with E-state index in [-0.39, 0.29) is 6.04 Å². The lowest BCUT2D eigenvalue weighted by molar-refractivity contribution is 0.246. The first-order valence-electron chi connectivity index (χ1n) is 9.88. The first-order valence-corrected chi connectivity index (χ1v) is 11.4. The summed E-state index contributed by atoms with van der Waals surface area (Å²) in [4.78, 5) is 2.65. The number of sulfonamides is 1. The Morgan fingerprint density at radius 2 is 1.71 bits per heavy atom. The van der Waals surface area contributed by atoms with Gasteiger partial charge in [-0.15, -0.1) is 0 Å². The van der Waals surface area contributed by atoms with Crippen LogP contribution in [0.3, 0.4) is 0 Å². The number of ether oxygens (including phenoxy) is 1. The number of benzene rings is 2. The molecule has 1 saturated heterocycles. The van der Waals surface area contributed by atoms with Crippen molar-refractivity contribution >= 4 is 10.0 Å². The van der Waals surface area contributed by atoms with Crippen LogP contribution in [0, 0.1) is 0 Å². The molecule has 0 spiro atoms. The van der Waals surface area contributed by atoms with Crippen molar-refractivity contribution in [3.8, 4) is 5.75 Å². The lowest BCUT2D eigenvalue weighted by Crippen LogP contribution is -2.36. The van der Waals surface area contributed by atoms with E-state index in [4.69, 9.17) is 4.74 Å². The molecule has 0 amide bonds. The van der Waals surface area contributed by atoms with E-state index in [1.165, 1.54) is 0 Å². The summed E-state index contributed by atoms with van der Waals surface area (Å²) in [6.07, 6.45) is 2.29. The standard InChI is InChI=1S/C22H30N2O3S/c1-17(2)18-9-11-21(12-10-18)28(25,26)23-16-22(24-13-4-5-14-24)19-7-6-8-20(15-19)27-3/h6-12,15,17,22-23H,4-5,13-14,16H2,1-3H3. The van der Waals surface area contributed by atoms with E-state index in [0.717, 1.165) is 42.8 Å². The summed E-state index contributed by atoms with van der Waals surface area (Å²) in [5.74, 6) is 1.16. The van der Waals surface area contributed by atoms with Gasteiger partial charge in [-0.25, -0.2) is 13.1 Å². The fourth-order valence-corrected chi connectivity index (χ4v) is 4.70. The number of nitrogens with one attached hydrogen (secondary N) is 1. The van der Waals surface area contributed by atoms with Gasteiger partial charge in [0, 0.05) is 12.6 Å². The molecule has 0 bridgehead atoms. The van der Waals surface area contributed by atoms with Crippen LogP contribution in [0.2, 0.25) is 0 Å². The molecule has 1 heterocycles. The van der Waals surface area contributed by atoms with Gasteiger partial charge < -0.3 is 4.74 Å². The molecule has 0 aromatic heterocycles. The Kier molecular flexibility index (Phi) is 6.75. The van der Waals surface area contributed by atoms with Crippen molar-refractivity contribution in [2.24, 2.45) is 0 Å². The molecule has 0 aliphatic carbocycles. The minimum atomic E-state index is -3.56. The summed E-state index contributed by atoms with van der Waals surface area (Å²) < 4.78 is 33.8. The second kappa shape index (κ2) is 9.07. The summed E-state index contributed by atoms with van der Waals surface area (Å²) in [6.45, 7) is 6.48. The third kappa shape index (κ3) is 4.93. The maximum atomic E-state index is 12.8. The summed E-state index contributed by atoms with van der Waals surface area (Å²) in [5, 5.41) is 0. The fraction of sp³-hybridized carbons (Fsp3) is 0.455. The van der Waals surface area contributed by atoms with E-state index < -0.39 is 10.0 Å². The van der Waals surface area contributed by atoms with Gasteiger partial charge in [0.15, 0.2) is 0 Å². The molecule has 6 heteroatoms. The molecule has 2 aromatic carbocycles. The number of hydrogen-bond donors (Lipinski definition) is 1. The molecule has 1 aliphatic heterocycles. The number of nitrogens with zero attached hydrogens (tertiary/aromatic N) is 1. The molecule has 152 valence electrons. The van der Waals surface area contributed by atoms with Crippen molar-refractivity contribution in [3.63, 3.8) is 0 Å². The first-order chi connectivity index (χ1) is 13.4. The topological polar surface area (TPSA) is 58.6 Å². The third-order valence-corrected chi connectivity index (χ3v) is 6.82. The third-order valence-electron chi connectivity index (χ3n) is 5.38. The van der Waals surface area contributed by atoms with Crippen LogP contribution >= 0.6 is 0 Å². The Balaban J connectivity index is 1.78. The van der Waals surface area contributed by atoms with Gasteiger partial charge >= 0.3 is 0 Å². The van der Waals surface area contributed by atoms with Crippen LogP contribution < -0.4 is 9.46 Å². The maximum Gasteiger partial charge on any atom is 0.240 e. The average Bonchev–Trinajstić information content (AvgIpc) is 3.23. The zero-order chi connectivity index (χ0) is 20.1. The van der Waals surface area contributed by atoms with Crippen molar-refractivity contribution in [1.29, 1.82) is 0 Å². The Bertz CT molecular complexity index is 873. The van der Waals surface area contributed by atoms with Crippen molar-refractivity contribution < 1.29 is 13.2 Å². The van der Waals surface area contributed by atoms with E-state index in [0.29, 0.717) is 17.4 Å². The Labute approximate surface area is 168 Å². The molecule has 28 heavy (non-hydrogen) atoms. The number of likely N-dealkylation sites (tertiary alicyclic amines) is 1. The van der Waals surface area contributed by atoms with Gasteiger partial charge in [-0.3, -0.25) is 4.90 Å². The highest BCUT2D eigenvalue weighted by molar-refractivity contribution is 7.89. The summed E-state index contributed by atoms with van der Waals surface area (Å²) >= 11 is 0. The van der Waals surface area contributed by atoms with Gasteiger partial charge in [0.1, 0.15) is 5.75 Å². The second-order valence-corrected chi connectivity index (χ2v) is 9.38. The number of hydrogen-bond acceptors (Lipinski definition) is 4. The molecule has 1 unspecified atom stereocenters. The van der Waals surface area contributed by atoms with Crippen LogP contribution in [0.15, 0.2) is 53.4 Å². The van der Waals surface area contributed by atoms with Gasteiger partial charge in [0.2, 0.25) is 10.0 Å². The Hall–Kier alpha value is -1.89. The minimum absolute atomic E-state index is 0.0117. The number of methoxy groups -OCH3 is 1. The second-order valence-electron chi connectivity index (χ2n) is 7.61. The monoisotopic (exact) mass is 402 g/mol. The highest BCUT2D eigenvalue weighted by Crippen LogP contribution is 2.27. The highest BCUT2D eigenvalue weighted by atomic mass is 32.2. The predicted octanol–water partition coefficient (Wildman–Crippen LogP) is 3.93. The molecule has 0 saturated carbocycles. The molecule has 1 aliphatic rings. The van der Waals surface area contributed by atoms with Crippen LogP contribution in [0.4, 0.5) is 0 Å². The molecule has 0 radical (unpaired) electrons. The smallest absolute Gasteiger partial charge is 0.240 e. The number of rotatable bonds is 8. The average molecular weight is 403 g/mol. The zero-order valence-electron chi connectivity index (χ0n) is 16.9. The summed E-state index contributed by atoms with van der Waals surface area (Å²) in [6, 6.07) is 15.0. The van der Waals surface area contributed by atoms with Gasteiger partial charge in [0.25, 0.3) is 0 Å². The van der Waals surface area contributed by atoms with Crippen LogP contribution in [-0.4, -0.2) is 40.1 Å². The van der Waals surface area contributed by atoms with Crippen LogP contribution in [0.1, 0.15) is 49.8 Å². The maximum absolute atomic E-state index is 12.8.